The van der Waals surface area contributed by atoms with Crippen molar-refractivity contribution >= 4 is 11.8 Å². The molecular formula is C18H30N4O2. The molecule has 6 nitrogen and oxygen atoms in total. The number of rotatable bonds is 10. The minimum atomic E-state index is -0.500. The Morgan fingerprint density at radius 1 is 1.12 bits per heavy atom. The summed E-state index contributed by atoms with van der Waals surface area (Å²) >= 11 is 0. The maximum atomic E-state index is 12.2. The first kappa shape index (κ1) is 20.1. The summed E-state index contributed by atoms with van der Waals surface area (Å²) in [4.78, 5) is 24.0. The molecule has 1 rings (SSSR count). The van der Waals surface area contributed by atoms with Crippen molar-refractivity contribution in [2.75, 3.05) is 13.1 Å². The Hall–Kier alpha value is -1.92. The molecule has 0 saturated heterocycles. The summed E-state index contributed by atoms with van der Waals surface area (Å²) in [6, 6.07) is 9.03. The molecule has 0 saturated carbocycles. The Kier molecular flexibility index (Phi) is 9.04. The summed E-state index contributed by atoms with van der Waals surface area (Å²) in [5.41, 5.74) is 7.28. The standard InChI is InChI=1S/C18H30N4O2/c1-4-16(18(24)20-5-2)22-17(23)13(3)21-12-15(19)11-14-9-7-6-8-10-14/h6-10,13,15-16,21H,4-5,11-12,19H2,1-3H3,(H,20,24)(H,22,23)/t13-,15-,16-/m0/s1. The van der Waals surface area contributed by atoms with Crippen molar-refractivity contribution in [2.24, 2.45) is 5.73 Å². The second-order valence-electron chi connectivity index (χ2n) is 5.94. The molecule has 0 aromatic heterocycles. The van der Waals surface area contributed by atoms with Gasteiger partial charge < -0.3 is 21.7 Å². The maximum absolute atomic E-state index is 12.2. The summed E-state index contributed by atoms with van der Waals surface area (Å²) in [5.74, 6) is -0.346. The zero-order chi connectivity index (χ0) is 17.9. The molecule has 0 heterocycles. The van der Waals surface area contributed by atoms with Crippen LogP contribution in [0.2, 0.25) is 0 Å². The Balaban J connectivity index is 2.39. The minimum Gasteiger partial charge on any atom is -0.355 e. The molecule has 1 aromatic rings. The van der Waals surface area contributed by atoms with Crippen LogP contribution in [0.1, 0.15) is 32.8 Å². The van der Waals surface area contributed by atoms with Gasteiger partial charge in [0.15, 0.2) is 0 Å². The highest BCUT2D eigenvalue weighted by Crippen LogP contribution is 2.01. The van der Waals surface area contributed by atoms with Gasteiger partial charge in [-0.25, -0.2) is 0 Å². The fourth-order valence-corrected chi connectivity index (χ4v) is 2.36. The molecule has 0 spiro atoms. The lowest BCUT2D eigenvalue weighted by atomic mass is 10.1. The lowest BCUT2D eigenvalue weighted by Crippen LogP contribution is -2.53. The van der Waals surface area contributed by atoms with E-state index in [0.717, 1.165) is 6.42 Å². The number of hydrogen-bond acceptors (Lipinski definition) is 4. The Morgan fingerprint density at radius 3 is 2.38 bits per heavy atom. The fourth-order valence-electron chi connectivity index (χ4n) is 2.36. The summed E-state index contributed by atoms with van der Waals surface area (Å²) in [5, 5.41) is 8.63. The third-order valence-electron chi connectivity index (χ3n) is 3.81. The van der Waals surface area contributed by atoms with E-state index in [9.17, 15) is 9.59 Å². The zero-order valence-electron chi connectivity index (χ0n) is 14.8. The second-order valence-corrected chi connectivity index (χ2v) is 5.94. The van der Waals surface area contributed by atoms with Crippen LogP contribution in [-0.4, -0.2) is 43.0 Å². The third-order valence-corrected chi connectivity index (χ3v) is 3.81. The number of benzene rings is 1. The summed E-state index contributed by atoms with van der Waals surface area (Å²) in [6.07, 6.45) is 1.30. The second kappa shape index (κ2) is 10.8. The molecule has 0 aliphatic carbocycles. The van der Waals surface area contributed by atoms with Crippen molar-refractivity contribution in [3.63, 3.8) is 0 Å². The van der Waals surface area contributed by atoms with Crippen LogP contribution in [-0.2, 0) is 16.0 Å². The number of likely N-dealkylation sites (N-methyl/N-ethyl adjacent to an activating group) is 1. The predicted octanol–water partition coefficient (Wildman–Crippen LogP) is 0.565. The number of carbonyl (C=O) groups is 2. The number of nitrogens with one attached hydrogen (secondary N) is 3. The number of carbonyl (C=O) groups excluding carboxylic acids is 2. The molecule has 5 N–H and O–H groups in total. The molecule has 0 unspecified atom stereocenters. The monoisotopic (exact) mass is 334 g/mol. The van der Waals surface area contributed by atoms with Gasteiger partial charge in [-0.2, -0.15) is 0 Å². The molecule has 134 valence electrons. The molecule has 6 heteroatoms. The van der Waals surface area contributed by atoms with E-state index < -0.39 is 12.1 Å². The van der Waals surface area contributed by atoms with E-state index in [-0.39, 0.29) is 17.9 Å². The minimum absolute atomic E-state index is 0.0759. The number of hydrogen-bond donors (Lipinski definition) is 4. The Labute approximate surface area is 144 Å². The summed E-state index contributed by atoms with van der Waals surface area (Å²) in [6.45, 7) is 6.57. The van der Waals surface area contributed by atoms with Gasteiger partial charge in [0.1, 0.15) is 6.04 Å². The van der Waals surface area contributed by atoms with E-state index >= 15 is 0 Å². The van der Waals surface area contributed by atoms with Gasteiger partial charge in [-0.3, -0.25) is 9.59 Å². The largest absolute Gasteiger partial charge is 0.355 e. The van der Waals surface area contributed by atoms with Gasteiger partial charge in [-0.1, -0.05) is 37.3 Å². The van der Waals surface area contributed by atoms with Gasteiger partial charge in [-0.15, -0.1) is 0 Å². The molecule has 0 aliphatic heterocycles. The molecule has 2 amide bonds. The van der Waals surface area contributed by atoms with Crippen molar-refractivity contribution in [1.29, 1.82) is 0 Å². The molecule has 3 atom stereocenters. The fraction of sp³-hybridized carbons (Fsp3) is 0.556. The van der Waals surface area contributed by atoms with Gasteiger partial charge >= 0.3 is 0 Å². The predicted molar refractivity (Wildman–Crippen MR) is 96.5 cm³/mol. The molecular weight excluding hydrogens is 304 g/mol. The van der Waals surface area contributed by atoms with Crippen LogP contribution in [0.15, 0.2) is 30.3 Å². The molecule has 1 aromatic carbocycles. The molecule has 0 aliphatic rings. The normalized spacial score (nSPS) is 14.5. The van der Waals surface area contributed by atoms with Crippen LogP contribution in [0, 0.1) is 0 Å². The first-order valence-corrected chi connectivity index (χ1v) is 8.58. The van der Waals surface area contributed by atoms with Gasteiger partial charge in [-0.05, 0) is 32.3 Å². The number of amides is 2. The van der Waals surface area contributed by atoms with Crippen molar-refractivity contribution in [3.05, 3.63) is 35.9 Å². The molecule has 24 heavy (non-hydrogen) atoms. The summed E-state index contributed by atoms with van der Waals surface area (Å²) < 4.78 is 0. The van der Waals surface area contributed by atoms with Gasteiger partial charge in [0, 0.05) is 19.1 Å². The lowest BCUT2D eigenvalue weighted by Gasteiger charge is -2.21. The number of nitrogens with two attached hydrogens (primary N) is 1. The molecule has 0 radical (unpaired) electrons. The SMILES string of the molecule is CCNC(=O)[C@H](CC)NC(=O)[C@H](C)NC[C@@H](N)Cc1ccccc1. The van der Waals surface area contributed by atoms with Crippen molar-refractivity contribution < 1.29 is 9.59 Å². The van der Waals surface area contributed by atoms with Gasteiger partial charge in [0.2, 0.25) is 11.8 Å². The molecule has 0 fully saturated rings. The smallest absolute Gasteiger partial charge is 0.242 e. The van der Waals surface area contributed by atoms with Crippen molar-refractivity contribution in [3.8, 4) is 0 Å². The first-order valence-electron chi connectivity index (χ1n) is 8.58. The van der Waals surface area contributed by atoms with Gasteiger partial charge in [0.25, 0.3) is 0 Å². The van der Waals surface area contributed by atoms with E-state index in [1.165, 1.54) is 5.56 Å². The van der Waals surface area contributed by atoms with E-state index in [0.29, 0.717) is 19.5 Å². The van der Waals surface area contributed by atoms with E-state index in [2.05, 4.69) is 16.0 Å². The topological polar surface area (TPSA) is 96.2 Å². The van der Waals surface area contributed by atoms with Crippen LogP contribution >= 0.6 is 0 Å². The highest BCUT2D eigenvalue weighted by Gasteiger charge is 2.21. The van der Waals surface area contributed by atoms with Crippen LogP contribution in [0.3, 0.4) is 0 Å². The van der Waals surface area contributed by atoms with Gasteiger partial charge in [0.05, 0.1) is 6.04 Å². The van der Waals surface area contributed by atoms with Crippen molar-refractivity contribution in [1.82, 2.24) is 16.0 Å². The van der Waals surface area contributed by atoms with E-state index in [4.69, 9.17) is 5.73 Å². The zero-order valence-corrected chi connectivity index (χ0v) is 14.8. The highest BCUT2D eigenvalue weighted by atomic mass is 16.2. The average Bonchev–Trinajstić information content (AvgIpc) is 2.58. The molecule has 0 bridgehead atoms. The average molecular weight is 334 g/mol. The summed E-state index contributed by atoms with van der Waals surface area (Å²) in [7, 11) is 0. The van der Waals surface area contributed by atoms with E-state index in [1.807, 2.05) is 44.2 Å². The quantitative estimate of drug-likeness (QED) is 0.503. The maximum Gasteiger partial charge on any atom is 0.242 e. The van der Waals surface area contributed by atoms with Crippen LogP contribution in [0.25, 0.3) is 0 Å². The Bertz CT molecular complexity index is 507. The Morgan fingerprint density at radius 2 is 1.79 bits per heavy atom. The van der Waals surface area contributed by atoms with E-state index in [1.54, 1.807) is 6.92 Å². The van der Waals surface area contributed by atoms with Crippen LogP contribution in [0.5, 0.6) is 0 Å². The van der Waals surface area contributed by atoms with Crippen LogP contribution < -0.4 is 21.7 Å². The van der Waals surface area contributed by atoms with Crippen molar-refractivity contribution in [2.45, 2.75) is 51.7 Å². The lowest BCUT2D eigenvalue weighted by molar-refractivity contribution is -0.129. The first-order chi connectivity index (χ1) is 11.5. The third kappa shape index (κ3) is 7.10. The highest BCUT2D eigenvalue weighted by molar-refractivity contribution is 5.89. The van der Waals surface area contributed by atoms with Crippen LogP contribution in [0.4, 0.5) is 0 Å².